The van der Waals surface area contributed by atoms with Gasteiger partial charge in [-0.1, -0.05) is 17.7 Å². The van der Waals surface area contributed by atoms with Crippen molar-refractivity contribution in [1.82, 2.24) is 9.88 Å². The first-order valence-corrected chi connectivity index (χ1v) is 9.68. The van der Waals surface area contributed by atoms with Gasteiger partial charge in [0.05, 0.1) is 5.56 Å². The predicted molar refractivity (Wildman–Crippen MR) is 113 cm³/mol. The molecule has 4 rings (SSSR count). The molecule has 1 aliphatic rings. The Bertz CT molecular complexity index is 963. The number of carbonyl (C=O) groups is 1. The number of carbonyl (C=O) groups excluding carboxylic acids is 1. The van der Waals surface area contributed by atoms with Crippen molar-refractivity contribution in [2.75, 3.05) is 36.4 Å². The van der Waals surface area contributed by atoms with Gasteiger partial charge in [-0.25, -0.2) is 9.37 Å². The third-order valence-corrected chi connectivity index (χ3v) is 5.09. The highest BCUT2D eigenvalue weighted by Gasteiger charge is 2.22. The van der Waals surface area contributed by atoms with E-state index >= 15 is 0 Å². The Labute approximate surface area is 169 Å². The summed E-state index contributed by atoms with van der Waals surface area (Å²) in [6.07, 6.45) is 1.62. The molecule has 1 N–H and O–H groups in total. The van der Waals surface area contributed by atoms with Crippen molar-refractivity contribution < 1.29 is 9.18 Å². The van der Waals surface area contributed by atoms with E-state index in [9.17, 15) is 9.18 Å². The molecule has 1 amide bonds. The Hall–Kier alpha value is -3.41. The van der Waals surface area contributed by atoms with E-state index < -0.39 is 0 Å². The maximum atomic E-state index is 13.1. The Morgan fingerprint density at radius 1 is 0.931 bits per heavy atom. The van der Waals surface area contributed by atoms with Crippen LogP contribution in [0.4, 0.5) is 21.6 Å². The van der Waals surface area contributed by atoms with Crippen LogP contribution in [0.5, 0.6) is 0 Å². The van der Waals surface area contributed by atoms with Crippen LogP contribution in [0.3, 0.4) is 0 Å². The topological polar surface area (TPSA) is 48.5 Å². The zero-order chi connectivity index (χ0) is 20.2. The molecule has 0 aliphatic carbocycles. The average Bonchev–Trinajstić information content (AvgIpc) is 2.76. The first-order chi connectivity index (χ1) is 14.1. The van der Waals surface area contributed by atoms with E-state index in [2.05, 4.69) is 15.2 Å². The van der Waals surface area contributed by atoms with Crippen molar-refractivity contribution in [3.63, 3.8) is 0 Å². The van der Waals surface area contributed by atoms with Gasteiger partial charge in [0, 0.05) is 43.8 Å². The standard InChI is InChI=1S/C23H23FN4O/c1-17-2-7-20(8-3-17)26-22-11-4-18(16-25-22)23(29)28-14-12-27(13-15-28)21-9-5-19(24)6-10-21/h2-11,16H,12-15H2,1H3,(H,25,26). The van der Waals surface area contributed by atoms with E-state index in [1.807, 2.05) is 42.2 Å². The van der Waals surface area contributed by atoms with Gasteiger partial charge in [0.2, 0.25) is 0 Å². The van der Waals surface area contributed by atoms with Gasteiger partial charge in [-0.05, 0) is 55.5 Å². The van der Waals surface area contributed by atoms with Crippen molar-refractivity contribution in [2.24, 2.45) is 0 Å². The first-order valence-electron chi connectivity index (χ1n) is 9.68. The van der Waals surface area contributed by atoms with Gasteiger partial charge >= 0.3 is 0 Å². The van der Waals surface area contributed by atoms with Gasteiger partial charge in [0.25, 0.3) is 5.91 Å². The molecule has 2 heterocycles. The second-order valence-corrected chi connectivity index (χ2v) is 7.18. The number of benzene rings is 2. The third kappa shape index (κ3) is 4.54. The van der Waals surface area contributed by atoms with Crippen LogP contribution in [0, 0.1) is 12.7 Å². The van der Waals surface area contributed by atoms with Crippen molar-refractivity contribution in [2.45, 2.75) is 6.92 Å². The van der Waals surface area contributed by atoms with Crippen molar-refractivity contribution >= 4 is 23.1 Å². The molecular weight excluding hydrogens is 367 g/mol. The van der Waals surface area contributed by atoms with Crippen LogP contribution in [-0.2, 0) is 0 Å². The normalized spacial score (nSPS) is 14.0. The van der Waals surface area contributed by atoms with E-state index in [-0.39, 0.29) is 11.7 Å². The minimum atomic E-state index is -0.240. The molecule has 6 heteroatoms. The molecule has 1 aromatic heterocycles. The quantitative estimate of drug-likeness (QED) is 0.724. The number of hydrogen-bond donors (Lipinski definition) is 1. The summed E-state index contributed by atoms with van der Waals surface area (Å²) in [6.45, 7) is 4.73. The lowest BCUT2D eigenvalue weighted by Gasteiger charge is -2.36. The maximum Gasteiger partial charge on any atom is 0.255 e. The number of halogens is 1. The molecule has 2 aromatic carbocycles. The van der Waals surface area contributed by atoms with Crippen molar-refractivity contribution in [1.29, 1.82) is 0 Å². The molecule has 0 saturated carbocycles. The molecule has 0 spiro atoms. The Kier molecular flexibility index (Phi) is 5.42. The highest BCUT2D eigenvalue weighted by molar-refractivity contribution is 5.94. The van der Waals surface area contributed by atoms with Crippen LogP contribution in [-0.4, -0.2) is 42.0 Å². The number of anilines is 3. The second kappa shape index (κ2) is 8.31. The first kappa shape index (κ1) is 18.9. The minimum absolute atomic E-state index is 0.0156. The van der Waals surface area contributed by atoms with Gasteiger partial charge in [0.15, 0.2) is 0 Å². The number of hydrogen-bond acceptors (Lipinski definition) is 4. The zero-order valence-corrected chi connectivity index (χ0v) is 16.3. The molecule has 0 radical (unpaired) electrons. The molecule has 0 atom stereocenters. The fraction of sp³-hybridized carbons (Fsp3) is 0.217. The Balaban J connectivity index is 1.35. The molecule has 5 nitrogen and oxygen atoms in total. The van der Waals surface area contributed by atoms with Gasteiger partial charge in [-0.15, -0.1) is 0 Å². The summed E-state index contributed by atoms with van der Waals surface area (Å²) in [5.41, 5.74) is 3.71. The summed E-state index contributed by atoms with van der Waals surface area (Å²) in [5.74, 6) is 0.444. The zero-order valence-electron chi connectivity index (χ0n) is 16.3. The smallest absolute Gasteiger partial charge is 0.255 e. The van der Waals surface area contributed by atoms with Crippen molar-refractivity contribution in [3.05, 3.63) is 83.8 Å². The molecule has 29 heavy (non-hydrogen) atoms. The van der Waals surface area contributed by atoms with Crippen LogP contribution in [0.15, 0.2) is 66.9 Å². The average molecular weight is 390 g/mol. The molecule has 0 unspecified atom stereocenters. The largest absolute Gasteiger partial charge is 0.368 e. The lowest BCUT2D eigenvalue weighted by Crippen LogP contribution is -2.48. The van der Waals surface area contributed by atoms with Crippen LogP contribution in [0.25, 0.3) is 0 Å². The van der Waals surface area contributed by atoms with Crippen LogP contribution in [0.2, 0.25) is 0 Å². The Morgan fingerprint density at radius 3 is 2.24 bits per heavy atom. The van der Waals surface area contributed by atoms with Gasteiger partial charge in [0.1, 0.15) is 11.6 Å². The van der Waals surface area contributed by atoms with E-state index in [1.54, 1.807) is 24.4 Å². The summed E-state index contributed by atoms with van der Waals surface area (Å²) >= 11 is 0. The van der Waals surface area contributed by atoms with Gasteiger partial charge in [-0.3, -0.25) is 4.79 Å². The number of nitrogens with zero attached hydrogens (tertiary/aromatic N) is 3. The lowest BCUT2D eigenvalue weighted by molar-refractivity contribution is 0.0746. The molecule has 148 valence electrons. The molecule has 3 aromatic rings. The number of piperazine rings is 1. The molecule has 0 bridgehead atoms. The maximum absolute atomic E-state index is 13.1. The fourth-order valence-corrected chi connectivity index (χ4v) is 3.38. The molecule has 1 aliphatic heterocycles. The van der Waals surface area contributed by atoms with Crippen LogP contribution in [0.1, 0.15) is 15.9 Å². The minimum Gasteiger partial charge on any atom is -0.368 e. The summed E-state index contributed by atoms with van der Waals surface area (Å²) < 4.78 is 13.1. The Morgan fingerprint density at radius 2 is 1.62 bits per heavy atom. The number of aryl methyl sites for hydroxylation is 1. The lowest BCUT2D eigenvalue weighted by atomic mass is 10.2. The summed E-state index contributed by atoms with van der Waals surface area (Å²) in [6, 6.07) is 18.2. The monoisotopic (exact) mass is 390 g/mol. The number of amides is 1. The second-order valence-electron chi connectivity index (χ2n) is 7.18. The van der Waals surface area contributed by atoms with Gasteiger partial charge in [-0.2, -0.15) is 0 Å². The molecular formula is C23H23FN4O. The van der Waals surface area contributed by atoms with E-state index in [0.29, 0.717) is 24.5 Å². The highest BCUT2D eigenvalue weighted by atomic mass is 19.1. The van der Waals surface area contributed by atoms with E-state index in [1.165, 1.54) is 17.7 Å². The van der Waals surface area contributed by atoms with Crippen LogP contribution >= 0.6 is 0 Å². The van der Waals surface area contributed by atoms with Crippen LogP contribution < -0.4 is 10.2 Å². The predicted octanol–water partition coefficient (Wildman–Crippen LogP) is 4.24. The van der Waals surface area contributed by atoms with Crippen molar-refractivity contribution in [3.8, 4) is 0 Å². The summed E-state index contributed by atoms with van der Waals surface area (Å²) in [5, 5.41) is 3.24. The SMILES string of the molecule is Cc1ccc(Nc2ccc(C(=O)N3CCN(c4ccc(F)cc4)CC3)cn2)cc1. The molecule has 1 fully saturated rings. The number of rotatable bonds is 4. The number of nitrogens with one attached hydrogen (secondary N) is 1. The van der Waals surface area contributed by atoms with E-state index in [4.69, 9.17) is 0 Å². The third-order valence-electron chi connectivity index (χ3n) is 5.09. The fourth-order valence-electron chi connectivity index (χ4n) is 3.38. The number of aromatic nitrogens is 1. The van der Waals surface area contributed by atoms with Gasteiger partial charge < -0.3 is 15.1 Å². The highest BCUT2D eigenvalue weighted by Crippen LogP contribution is 2.19. The molecule has 1 saturated heterocycles. The summed E-state index contributed by atoms with van der Waals surface area (Å²) in [7, 11) is 0. The summed E-state index contributed by atoms with van der Waals surface area (Å²) in [4.78, 5) is 21.2. The van der Waals surface area contributed by atoms with E-state index in [0.717, 1.165) is 24.5 Å². The number of pyridine rings is 1.